The maximum atomic E-state index is 11.2. The number of imidazole rings is 1. The summed E-state index contributed by atoms with van der Waals surface area (Å²) in [5, 5.41) is 22.2. The molecule has 3 rings (SSSR count). The van der Waals surface area contributed by atoms with Gasteiger partial charge < -0.3 is 26.2 Å². The van der Waals surface area contributed by atoms with E-state index in [1.54, 1.807) is 6.07 Å². The molecule has 140 valence electrons. The largest absolute Gasteiger partial charge is 0.507 e. The van der Waals surface area contributed by atoms with E-state index in [-0.39, 0.29) is 22.5 Å². The van der Waals surface area contributed by atoms with Crippen LogP contribution in [0.5, 0.6) is 5.75 Å². The van der Waals surface area contributed by atoms with Crippen molar-refractivity contribution in [2.75, 3.05) is 11.1 Å². The number of anilines is 2. The number of carbonyl (C=O) groups is 1. The van der Waals surface area contributed by atoms with E-state index in [1.165, 1.54) is 30.2 Å². The van der Waals surface area contributed by atoms with Gasteiger partial charge in [-0.1, -0.05) is 30.9 Å². The van der Waals surface area contributed by atoms with Crippen LogP contribution >= 0.6 is 24.0 Å². The number of hydrogen-bond acceptors (Lipinski definition) is 8. The maximum Gasteiger partial charge on any atom is 0.339 e. The van der Waals surface area contributed by atoms with Gasteiger partial charge in [-0.05, 0) is 24.6 Å². The number of aromatic hydroxyl groups is 1. The minimum Gasteiger partial charge on any atom is -0.507 e. The number of aromatic nitrogens is 4. The van der Waals surface area contributed by atoms with Crippen molar-refractivity contribution in [3.63, 3.8) is 0 Å². The number of phenols is 1. The smallest absolute Gasteiger partial charge is 0.339 e. The highest BCUT2D eigenvalue weighted by Crippen LogP contribution is 2.30. The molecule has 0 amide bonds. The van der Waals surface area contributed by atoms with E-state index in [0.717, 1.165) is 0 Å². The van der Waals surface area contributed by atoms with E-state index in [4.69, 9.17) is 23.1 Å². The third kappa shape index (κ3) is 4.09. The van der Waals surface area contributed by atoms with Gasteiger partial charge in [-0.2, -0.15) is 4.98 Å². The zero-order valence-electron chi connectivity index (χ0n) is 14.1. The van der Waals surface area contributed by atoms with Gasteiger partial charge in [0.2, 0.25) is 5.95 Å². The van der Waals surface area contributed by atoms with Gasteiger partial charge in [-0.25, -0.2) is 14.8 Å². The second-order valence-corrected chi connectivity index (χ2v) is 7.16. The maximum absolute atomic E-state index is 11.2. The fourth-order valence-corrected chi connectivity index (χ4v) is 3.82. The van der Waals surface area contributed by atoms with Crippen LogP contribution in [0.1, 0.15) is 23.7 Å². The Morgan fingerprint density at radius 1 is 1.44 bits per heavy atom. The predicted octanol–water partition coefficient (Wildman–Crippen LogP) is 2.65. The molecule has 0 radical (unpaired) electrons. The van der Waals surface area contributed by atoms with E-state index in [9.17, 15) is 9.90 Å². The van der Waals surface area contributed by atoms with E-state index < -0.39 is 5.97 Å². The van der Waals surface area contributed by atoms with Crippen molar-refractivity contribution in [2.45, 2.75) is 23.6 Å². The van der Waals surface area contributed by atoms with Gasteiger partial charge >= 0.3 is 5.97 Å². The lowest BCUT2D eigenvalue weighted by molar-refractivity contribution is 0.0694. The number of carboxylic acids is 1. The van der Waals surface area contributed by atoms with E-state index >= 15 is 0 Å². The fraction of sp³-hybridized carbons (Fsp3) is 0.188. The molecule has 2 aromatic heterocycles. The van der Waals surface area contributed by atoms with Crippen LogP contribution in [0.25, 0.3) is 11.2 Å². The van der Waals surface area contributed by atoms with Crippen molar-refractivity contribution in [1.82, 2.24) is 19.9 Å². The molecule has 1 atom stereocenters. The summed E-state index contributed by atoms with van der Waals surface area (Å²) >= 11 is 6.90. The lowest BCUT2D eigenvalue weighted by Crippen LogP contribution is -2.23. The zero-order chi connectivity index (χ0) is 19.6. The second kappa shape index (κ2) is 7.76. The molecule has 0 bridgehead atoms. The van der Waals surface area contributed by atoms with Crippen molar-refractivity contribution in [3.8, 4) is 5.75 Å². The topological polar surface area (TPSA) is 150 Å². The molecular formula is C16H16N6O3S2. The average Bonchev–Trinajstić information content (AvgIpc) is 3.09. The number of rotatable bonds is 6. The third-order valence-electron chi connectivity index (χ3n) is 3.68. The third-order valence-corrected chi connectivity index (χ3v) is 5.59. The Hall–Kier alpha value is -2.92. The molecule has 0 saturated carbocycles. The summed E-state index contributed by atoms with van der Waals surface area (Å²) in [5.74, 6) is -1.41. The minimum absolute atomic E-state index is 0.121. The van der Waals surface area contributed by atoms with Crippen LogP contribution in [0.4, 0.5) is 11.6 Å². The monoisotopic (exact) mass is 404 g/mol. The van der Waals surface area contributed by atoms with Gasteiger partial charge in [0, 0.05) is 5.69 Å². The second-order valence-electron chi connectivity index (χ2n) is 5.53. The number of nitrogens with one attached hydrogen (secondary N) is 2. The van der Waals surface area contributed by atoms with Crippen molar-refractivity contribution in [1.29, 1.82) is 0 Å². The molecule has 9 nitrogen and oxygen atoms in total. The number of thioether (sulfide) groups is 1. The summed E-state index contributed by atoms with van der Waals surface area (Å²) in [6, 6.07) is 4.19. The van der Waals surface area contributed by atoms with Crippen molar-refractivity contribution in [3.05, 3.63) is 30.1 Å². The zero-order valence-corrected chi connectivity index (χ0v) is 15.8. The number of aromatic carboxylic acids is 1. The average molecular weight is 404 g/mol. The number of fused-ring (bicyclic) bond motifs is 1. The molecule has 1 aromatic carbocycles. The number of carboxylic acid groups (broad SMARTS) is 1. The molecule has 0 aliphatic rings. The summed E-state index contributed by atoms with van der Waals surface area (Å²) < 4.78 is 0. The summed E-state index contributed by atoms with van der Waals surface area (Å²) in [7, 11) is 0. The number of nitrogens with two attached hydrogens (primary N) is 1. The first-order valence-corrected chi connectivity index (χ1v) is 9.18. The van der Waals surface area contributed by atoms with Gasteiger partial charge in [0.1, 0.15) is 21.9 Å². The molecule has 2 heterocycles. The highest BCUT2D eigenvalue weighted by atomic mass is 32.2. The lowest BCUT2D eigenvalue weighted by atomic mass is 10.1. The van der Waals surface area contributed by atoms with E-state index in [2.05, 4.69) is 25.3 Å². The Morgan fingerprint density at radius 2 is 2.22 bits per heavy atom. The molecule has 0 spiro atoms. The molecular weight excluding hydrogens is 388 g/mol. The number of thiocarbonyl (C=S) groups is 1. The molecule has 3 aromatic rings. The van der Waals surface area contributed by atoms with Crippen LogP contribution in [0.3, 0.4) is 0 Å². The summed E-state index contributed by atoms with van der Waals surface area (Å²) in [4.78, 5) is 27.1. The summed E-state index contributed by atoms with van der Waals surface area (Å²) in [6.45, 7) is 1.97. The number of hydrogen-bond donors (Lipinski definition) is 5. The Balaban J connectivity index is 1.81. The summed E-state index contributed by atoms with van der Waals surface area (Å²) in [6.07, 6.45) is 2.21. The van der Waals surface area contributed by atoms with Crippen LogP contribution in [0, 0.1) is 0 Å². The number of nitrogens with zero attached hydrogens (tertiary/aromatic N) is 3. The minimum atomic E-state index is -1.22. The first-order valence-electron chi connectivity index (χ1n) is 7.89. The number of benzene rings is 1. The van der Waals surface area contributed by atoms with Gasteiger partial charge in [0.15, 0.2) is 5.65 Å². The normalized spacial score (nSPS) is 12.0. The van der Waals surface area contributed by atoms with Crippen molar-refractivity contribution < 1.29 is 15.0 Å². The van der Waals surface area contributed by atoms with Crippen LogP contribution in [-0.2, 0) is 0 Å². The Bertz CT molecular complexity index is 1020. The predicted molar refractivity (Wildman–Crippen MR) is 107 cm³/mol. The molecule has 0 aliphatic heterocycles. The van der Waals surface area contributed by atoms with Crippen LogP contribution in [-0.4, -0.2) is 46.4 Å². The quantitative estimate of drug-likeness (QED) is 0.179. The molecule has 0 aliphatic carbocycles. The molecule has 6 N–H and O–H groups in total. The van der Waals surface area contributed by atoms with Gasteiger partial charge in [-0.15, -0.1) is 0 Å². The molecule has 0 fully saturated rings. The number of H-pyrrole nitrogens is 1. The van der Waals surface area contributed by atoms with Gasteiger partial charge in [0.05, 0.1) is 16.6 Å². The van der Waals surface area contributed by atoms with Crippen LogP contribution in [0.2, 0.25) is 0 Å². The summed E-state index contributed by atoms with van der Waals surface area (Å²) in [5.41, 5.74) is 7.16. The highest BCUT2D eigenvalue weighted by molar-refractivity contribution is 8.02. The Kier molecular flexibility index (Phi) is 5.42. The molecule has 0 unspecified atom stereocenters. The van der Waals surface area contributed by atoms with Crippen LogP contribution in [0.15, 0.2) is 29.6 Å². The SMILES string of the molecule is CC[C@@H](Sc1nc(N)nc2nc[nH]c12)C(=S)Nc1ccc(O)c(C(=O)O)c1. The van der Waals surface area contributed by atoms with Gasteiger partial charge in [0.25, 0.3) is 0 Å². The van der Waals surface area contributed by atoms with E-state index in [1.807, 2.05) is 6.92 Å². The fourth-order valence-electron chi connectivity index (χ4n) is 2.37. The van der Waals surface area contributed by atoms with Gasteiger partial charge in [-0.3, -0.25) is 0 Å². The molecule has 11 heteroatoms. The van der Waals surface area contributed by atoms with Crippen molar-refractivity contribution in [2.24, 2.45) is 0 Å². The number of nitrogen functional groups attached to an aromatic ring is 1. The molecule has 0 saturated heterocycles. The van der Waals surface area contributed by atoms with E-state index in [0.29, 0.717) is 33.3 Å². The first-order chi connectivity index (χ1) is 12.9. The Morgan fingerprint density at radius 3 is 2.93 bits per heavy atom. The van der Waals surface area contributed by atoms with Crippen molar-refractivity contribution >= 4 is 57.7 Å². The van der Waals surface area contributed by atoms with Crippen LogP contribution < -0.4 is 11.1 Å². The Labute approximate surface area is 163 Å². The lowest BCUT2D eigenvalue weighted by Gasteiger charge is -2.18. The standard InChI is InChI=1S/C16H16N6O3S2/c1-2-10(27-14-11-12(19-6-18-11)21-16(17)22-14)13(26)20-7-3-4-9(23)8(5-7)15(24)25/h3-6,10,23H,2H2,1H3,(H,20,26)(H,24,25)(H3,17,18,19,21,22)/t10-/m1/s1. The first kappa shape index (κ1) is 18.9. The highest BCUT2D eigenvalue weighted by Gasteiger charge is 2.19. The molecule has 27 heavy (non-hydrogen) atoms. The number of aromatic amines is 1.